The Labute approximate surface area is 155 Å². The van der Waals surface area contributed by atoms with E-state index in [1.165, 1.54) is 11.3 Å². The lowest BCUT2D eigenvalue weighted by atomic mass is 9.52. The van der Waals surface area contributed by atoms with E-state index in [0.717, 1.165) is 10.2 Å². The van der Waals surface area contributed by atoms with Crippen LogP contribution in [0, 0.1) is 16.2 Å². The average Bonchev–Trinajstić information content (AvgIpc) is 2.94. The molecule has 2 atom stereocenters. The van der Waals surface area contributed by atoms with Crippen molar-refractivity contribution in [2.45, 2.75) is 40.0 Å². The van der Waals surface area contributed by atoms with E-state index in [9.17, 15) is 14.4 Å². The topological polar surface area (TPSA) is 88.2 Å². The van der Waals surface area contributed by atoms with Gasteiger partial charge in [0, 0.05) is 16.2 Å². The van der Waals surface area contributed by atoms with Crippen LogP contribution in [0.15, 0.2) is 24.3 Å². The fraction of sp³-hybridized carbons (Fsp3) is 0.474. The highest BCUT2D eigenvalue weighted by Crippen LogP contribution is 2.56. The molecule has 1 saturated carbocycles. The molecule has 1 aromatic heterocycles. The molecule has 0 radical (unpaired) electrons. The summed E-state index contributed by atoms with van der Waals surface area (Å²) in [6.45, 7) is 5.53. The van der Waals surface area contributed by atoms with Crippen LogP contribution in [0.3, 0.4) is 0 Å². The van der Waals surface area contributed by atoms with Gasteiger partial charge < -0.3 is 5.32 Å². The second-order valence-electron chi connectivity index (χ2n) is 8.44. The zero-order valence-corrected chi connectivity index (χ0v) is 15.8. The number of amides is 3. The van der Waals surface area contributed by atoms with Crippen molar-refractivity contribution in [2.24, 2.45) is 16.2 Å². The second kappa shape index (κ2) is 5.36. The first kappa shape index (κ1) is 17.1. The van der Waals surface area contributed by atoms with Crippen molar-refractivity contribution in [1.29, 1.82) is 0 Å². The molecule has 2 aliphatic rings. The van der Waals surface area contributed by atoms with Crippen LogP contribution in [0.5, 0.6) is 0 Å². The summed E-state index contributed by atoms with van der Waals surface area (Å²) in [5, 5.41) is 5.95. The summed E-state index contributed by atoms with van der Waals surface area (Å²) >= 11 is 1.42. The van der Waals surface area contributed by atoms with E-state index in [1.54, 1.807) is 0 Å². The van der Waals surface area contributed by atoms with Crippen molar-refractivity contribution in [2.75, 3.05) is 5.32 Å². The lowest BCUT2D eigenvalue weighted by Gasteiger charge is -2.53. The van der Waals surface area contributed by atoms with Gasteiger partial charge >= 0.3 is 0 Å². The molecule has 1 aromatic carbocycles. The molecule has 6 nitrogen and oxygen atoms in total. The van der Waals surface area contributed by atoms with Gasteiger partial charge in [-0.2, -0.15) is 0 Å². The fourth-order valence-electron chi connectivity index (χ4n) is 4.83. The van der Waals surface area contributed by atoms with Gasteiger partial charge in [0.25, 0.3) is 0 Å². The number of benzene rings is 1. The number of fused-ring (bicyclic) bond motifs is 3. The molecule has 2 unspecified atom stereocenters. The van der Waals surface area contributed by atoms with E-state index in [2.05, 4.69) is 15.6 Å². The number of nitrogens with one attached hydrogen (secondary N) is 2. The number of rotatable bonds is 2. The van der Waals surface area contributed by atoms with Gasteiger partial charge in [0.1, 0.15) is 0 Å². The largest absolute Gasteiger partial charge is 0.301 e. The van der Waals surface area contributed by atoms with Crippen LogP contribution in [-0.4, -0.2) is 22.7 Å². The second-order valence-corrected chi connectivity index (χ2v) is 9.47. The summed E-state index contributed by atoms with van der Waals surface area (Å²) in [5.41, 5.74) is -1.42. The summed E-state index contributed by atoms with van der Waals surface area (Å²) in [7, 11) is 0. The van der Waals surface area contributed by atoms with Gasteiger partial charge in [-0.15, -0.1) is 0 Å². The zero-order valence-electron chi connectivity index (χ0n) is 15.0. The van der Waals surface area contributed by atoms with E-state index in [4.69, 9.17) is 0 Å². The molecular weight excluding hydrogens is 350 g/mol. The molecule has 136 valence electrons. The highest BCUT2D eigenvalue weighted by Gasteiger charge is 2.60. The van der Waals surface area contributed by atoms with E-state index >= 15 is 0 Å². The van der Waals surface area contributed by atoms with Crippen LogP contribution in [0.25, 0.3) is 10.2 Å². The van der Waals surface area contributed by atoms with Crippen LogP contribution in [-0.2, 0) is 14.4 Å². The molecule has 3 amide bonds. The molecule has 2 bridgehead atoms. The summed E-state index contributed by atoms with van der Waals surface area (Å²) < 4.78 is 1.00. The number of hydrogen-bond donors (Lipinski definition) is 2. The molecule has 2 N–H and O–H groups in total. The maximum atomic E-state index is 13.1. The zero-order chi connectivity index (χ0) is 18.7. The predicted octanol–water partition coefficient (Wildman–Crippen LogP) is 3.09. The SMILES string of the molecule is CC12CC(C)(CC(C)(C(=O)Nc3nc4ccccc4s3)C1)C(=O)NC2=O. The molecule has 2 aromatic rings. The molecule has 7 heteroatoms. The minimum absolute atomic E-state index is 0.184. The highest BCUT2D eigenvalue weighted by atomic mass is 32.1. The number of carbonyl (C=O) groups excluding carboxylic acids is 3. The lowest BCUT2D eigenvalue weighted by molar-refractivity contribution is -0.163. The number of piperidine rings is 1. The Morgan fingerprint density at radius 1 is 1.08 bits per heavy atom. The molecule has 0 spiro atoms. The van der Waals surface area contributed by atoms with Gasteiger partial charge in [-0.25, -0.2) is 4.98 Å². The van der Waals surface area contributed by atoms with Gasteiger partial charge in [0.15, 0.2) is 5.13 Å². The number of carbonyl (C=O) groups is 3. The van der Waals surface area contributed by atoms with Crippen molar-refractivity contribution in [1.82, 2.24) is 10.3 Å². The summed E-state index contributed by atoms with van der Waals surface area (Å²) in [6.07, 6.45) is 1.30. The van der Waals surface area contributed by atoms with Crippen LogP contribution < -0.4 is 10.6 Å². The smallest absolute Gasteiger partial charge is 0.232 e. The predicted molar refractivity (Wildman–Crippen MR) is 99.6 cm³/mol. The monoisotopic (exact) mass is 371 g/mol. The number of anilines is 1. The standard InChI is InChI=1S/C19H21N3O3S/c1-17-8-18(2,14(24)21-13(17)23)10-19(3,9-17)15(25)22-16-20-11-6-4-5-7-12(11)26-16/h4-7H,8-10H2,1-3H3,(H,20,22,25)(H,21,23,24). The molecule has 1 aliphatic carbocycles. The maximum absolute atomic E-state index is 13.1. The van der Waals surface area contributed by atoms with E-state index in [-0.39, 0.29) is 17.7 Å². The van der Waals surface area contributed by atoms with Gasteiger partial charge in [-0.3, -0.25) is 19.7 Å². The minimum atomic E-state index is -0.812. The Hall–Kier alpha value is -2.28. The Kier molecular flexibility index (Phi) is 3.54. The number of nitrogens with zero attached hydrogens (tertiary/aromatic N) is 1. The number of aromatic nitrogens is 1. The quantitative estimate of drug-likeness (QED) is 0.794. The molecule has 4 rings (SSSR count). The molecule has 1 saturated heterocycles. The third-order valence-electron chi connectivity index (χ3n) is 5.73. The van der Waals surface area contributed by atoms with Crippen molar-refractivity contribution < 1.29 is 14.4 Å². The Bertz CT molecular complexity index is 891. The summed E-state index contributed by atoms with van der Waals surface area (Å²) in [4.78, 5) is 42.3. The van der Waals surface area contributed by atoms with Crippen LogP contribution in [0.2, 0.25) is 0 Å². The summed E-state index contributed by atoms with van der Waals surface area (Å²) in [5.74, 6) is -0.742. The lowest BCUT2D eigenvalue weighted by Crippen LogP contribution is -2.63. The van der Waals surface area contributed by atoms with E-state index < -0.39 is 16.2 Å². The van der Waals surface area contributed by atoms with Gasteiger partial charge in [-0.1, -0.05) is 44.2 Å². The van der Waals surface area contributed by atoms with Crippen LogP contribution in [0.4, 0.5) is 5.13 Å². The van der Waals surface area contributed by atoms with Gasteiger partial charge in [-0.05, 0) is 31.4 Å². The first-order valence-electron chi connectivity index (χ1n) is 8.67. The first-order valence-corrected chi connectivity index (χ1v) is 9.48. The number of para-hydroxylation sites is 1. The van der Waals surface area contributed by atoms with Gasteiger partial charge in [0.2, 0.25) is 17.7 Å². The molecule has 1 aliphatic heterocycles. The third-order valence-corrected chi connectivity index (χ3v) is 6.68. The van der Waals surface area contributed by atoms with Gasteiger partial charge in [0.05, 0.1) is 10.2 Å². The Morgan fingerprint density at radius 2 is 1.69 bits per heavy atom. The fourth-order valence-corrected chi connectivity index (χ4v) is 5.69. The maximum Gasteiger partial charge on any atom is 0.232 e. The molecule has 2 fully saturated rings. The third kappa shape index (κ3) is 2.53. The average molecular weight is 371 g/mol. The number of hydrogen-bond acceptors (Lipinski definition) is 5. The normalized spacial score (nSPS) is 33.8. The number of thiazole rings is 1. The molecule has 2 heterocycles. The Balaban J connectivity index is 1.64. The van der Waals surface area contributed by atoms with E-state index in [1.807, 2.05) is 45.0 Å². The molecule has 26 heavy (non-hydrogen) atoms. The Morgan fingerprint density at radius 3 is 2.31 bits per heavy atom. The van der Waals surface area contributed by atoms with E-state index in [0.29, 0.717) is 24.4 Å². The van der Waals surface area contributed by atoms with Crippen LogP contribution in [0.1, 0.15) is 40.0 Å². The van der Waals surface area contributed by atoms with Crippen molar-refractivity contribution in [3.05, 3.63) is 24.3 Å². The highest BCUT2D eigenvalue weighted by molar-refractivity contribution is 7.22. The van der Waals surface area contributed by atoms with Crippen molar-refractivity contribution in [3.8, 4) is 0 Å². The van der Waals surface area contributed by atoms with Crippen LogP contribution >= 0.6 is 11.3 Å². The van der Waals surface area contributed by atoms with Crippen molar-refractivity contribution in [3.63, 3.8) is 0 Å². The first-order chi connectivity index (χ1) is 12.1. The molecular formula is C19H21N3O3S. The minimum Gasteiger partial charge on any atom is -0.301 e. The summed E-state index contributed by atoms with van der Waals surface area (Å²) in [6, 6.07) is 7.70. The van der Waals surface area contributed by atoms with Crippen molar-refractivity contribution >= 4 is 44.4 Å². The number of imide groups is 1.